The lowest BCUT2D eigenvalue weighted by molar-refractivity contribution is 0.0774. The number of ether oxygens (including phenoxy) is 1. The number of allylic oxidation sites excluding steroid dienone is 4. The van der Waals surface area contributed by atoms with Crippen molar-refractivity contribution < 1.29 is 14.6 Å². The van der Waals surface area contributed by atoms with Crippen molar-refractivity contribution in [2.75, 3.05) is 13.2 Å². The molecule has 1 fully saturated rings. The number of imidazole rings is 1. The molecule has 0 bridgehead atoms. The van der Waals surface area contributed by atoms with Crippen LogP contribution in [0.4, 0.5) is 5.69 Å². The highest BCUT2D eigenvalue weighted by atomic mass is 16.5. The minimum absolute atomic E-state index is 0.0172. The summed E-state index contributed by atoms with van der Waals surface area (Å²) in [6.07, 6.45) is 11.8. The van der Waals surface area contributed by atoms with Gasteiger partial charge in [0, 0.05) is 30.9 Å². The van der Waals surface area contributed by atoms with Gasteiger partial charge in [0.25, 0.3) is 5.91 Å². The van der Waals surface area contributed by atoms with Crippen molar-refractivity contribution in [3.63, 3.8) is 0 Å². The van der Waals surface area contributed by atoms with Crippen LogP contribution in [0, 0.1) is 0 Å². The second-order valence-electron chi connectivity index (χ2n) is 9.22. The number of aryl methyl sites for hydroxylation is 1. The second kappa shape index (κ2) is 9.15. The Kier molecular flexibility index (Phi) is 5.70. The lowest BCUT2D eigenvalue weighted by Crippen LogP contribution is -2.35. The standard InChI is InChI=1S/C28H28N4O3/c33-18-20-15-22-24(29-17-21-9-5-12-31(21)28(22)34)16-26(20)35-14-6-13-32-25-11-4-3-10-23(25)30-27(32)19-7-1-2-8-19/h1-4,7,10-11,15-17,21,33H,5-6,8-9,12-14,18H2/t21-/m0/s1. The molecule has 3 aromatic rings. The topological polar surface area (TPSA) is 79.9 Å². The second-order valence-corrected chi connectivity index (χ2v) is 9.22. The lowest BCUT2D eigenvalue weighted by atomic mass is 10.1. The first-order valence-corrected chi connectivity index (χ1v) is 12.3. The molecule has 2 aliphatic heterocycles. The van der Waals surface area contributed by atoms with Crippen LogP contribution in [0.25, 0.3) is 16.6 Å². The lowest BCUT2D eigenvalue weighted by Gasteiger charge is -2.20. The number of hydrogen-bond donors (Lipinski definition) is 1. The number of aliphatic hydroxyl groups is 1. The van der Waals surface area contributed by atoms with Gasteiger partial charge in [-0.1, -0.05) is 30.4 Å². The van der Waals surface area contributed by atoms with Gasteiger partial charge in [0.2, 0.25) is 0 Å². The fraction of sp³-hybridized carbons (Fsp3) is 0.321. The van der Waals surface area contributed by atoms with Crippen molar-refractivity contribution in [1.82, 2.24) is 14.5 Å². The first kappa shape index (κ1) is 21.8. The highest BCUT2D eigenvalue weighted by Gasteiger charge is 2.32. The zero-order valence-corrected chi connectivity index (χ0v) is 19.6. The molecule has 7 nitrogen and oxygen atoms in total. The van der Waals surface area contributed by atoms with Gasteiger partial charge in [0.05, 0.1) is 41.5 Å². The smallest absolute Gasteiger partial charge is 0.256 e. The van der Waals surface area contributed by atoms with Crippen LogP contribution in [-0.4, -0.2) is 50.9 Å². The SMILES string of the molecule is O=C1c2cc(CO)c(OCCCn3c(C4=CC=CC4)nc4ccccc43)cc2N=C[C@@H]2CCCN12. The number of aliphatic hydroxyl groups excluding tert-OH is 1. The van der Waals surface area contributed by atoms with Crippen LogP contribution in [0.5, 0.6) is 5.75 Å². The molecule has 3 aliphatic rings. The average Bonchev–Trinajstić information content (AvgIpc) is 3.63. The number of aromatic nitrogens is 2. The number of carbonyl (C=O) groups excluding carboxylic acids is 1. The summed E-state index contributed by atoms with van der Waals surface area (Å²) >= 11 is 0. The number of amides is 1. The number of fused-ring (bicyclic) bond motifs is 3. The maximum absolute atomic E-state index is 13.0. The molecule has 6 rings (SSSR count). The van der Waals surface area contributed by atoms with Gasteiger partial charge < -0.3 is 19.3 Å². The van der Waals surface area contributed by atoms with E-state index in [0.717, 1.165) is 55.6 Å². The summed E-state index contributed by atoms with van der Waals surface area (Å²) in [5.41, 5.74) is 5.09. The Balaban J connectivity index is 1.20. The fourth-order valence-corrected chi connectivity index (χ4v) is 5.24. The predicted octanol–water partition coefficient (Wildman–Crippen LogP) is 4.66. The van der Waals surface area contributed by atoms with E-state index in [1.54, 1.807) is 12.1 Å². The van der Waals surface area contributed by atoms with Gasteiger partial charge in [-0.05, 0) is 49.5 Å². The van der Waals surface area contributed by atoms with E-state index in [9.17, 15) is 9.90 Å². The van der Waals surface area contributed by atoms with E-state index in [1.165, 1.54) is 5.57 Å². The van der Waals surface area contributed by atoms with E-state index < -0.39 is 0 Å². The van der Waals surface area contributed by atoms with Gasteiger partial charge in [-0.3, -0.25) is 9.79 Å². The van der Waals surface area contributed by atoms with Crippen LogP contribution >= 0.6 is 0 Å². The van der Waals surface area contributed by atoms with Gasteiger partial charge in [0.1, 0.15) is 11.6 Å². The van der Waals surface area contributed by atoms with Gasteiger partial charge in [-0.15, -0.1) is 0 Å². The maximum atomic E-state index is 13.0. The molecule has 1 N–H and O–H groups in total. The van der Waals surface area contributed by atoms with Gasteiger partial charge in [-0.25, -0.2) is 4.98 Å². The number of hydrogen-bond acceptors (Lipinski definition) is 5. The molecule has 35 heavy (non-hydrogen) atoms. The molecule has 0 radical (unpaired) electrons. The number of aliphatic imine (C=N–C) groups is 1. The highest BCUT2D eigenvalue weighted by molar-refractivity contribution is 6.03. The molecule has 2 aromatic carbocycles. The molecule has 0 unspecified atom stereocenters. The summed E-state index contributed by atoms with van der Waals surface area (Å²) < 4.78 is 8.38. The Labute approximate surface area is 204 Å². The van der Waals surface area contributed by atoms with Crippen LogP contribution < -0.4 is 4.74 Å². The number of nitrogens with zero attached hydrogens (tertiary/aromatic N) is 4. The number of benzene rings is 2. The number of carbonyl (C=O) groups is 1. The van der Waals surface area contributed by atoms with Crippen molar-refractivity contribution in [3.05, 3.63) is 71.6 Å². The molecular weight excluding hydrogens is 440 g/mol. The minimum Gasteiger partial charge on any atom is -0.493 e. The Morgan fingerprint density at radius 2 is 2.11 bits per heavy atom. The quantitative estimate of drug-likeness (QED) is 0.512. The van der Waals surface area contributed by atoms with Gasteiger partial charge >= 0.3 is 0 Å². The Morgan fingerprint density at radius 3 is 2.97 bits per heavy atom. The summed E-state index contributed by atoms with van der Waals surface area (Å²) in [6, 6.07) is 11.8. The van der Waals surface area contributed by atoms with Crippen molar-refractivity contribution in [2.45, 2.75) is 44.9 Å². The molecule has 1 aromatic heterocycles. The molecule has 7 heteroatoms. The fourth-order valence-electron chi connectivity index (χ4n) is 5.24. The summed E-state index contributed by atoms with van der Waals surface area (Å²) in [5, 5.41) is 9.98. The van der Waals surface area contributed by atoms with Crippen molar-refractivity contribution in [2.24, 2.45) is 4.99 Å². The largest absolute Gasteiger partial charge is 0.493 e. The summed E-state index contributed by atoms with van der Waals surface area (Å²) in [5.74, 6) is 1.57. The number of para-hydroxylation sites is 2. The third kappa shape index (κ3) is 3.96. The molecular formula is C28H28N4O3. The van der Waals surface area contributed by atoms with Crippen LogP contribution in [-0.2, 0) is 13.2 Å². The Bertz CT molecular complexity index is 1380. The van der Waals surface area contributed by atoms with E-state index in [1.807, 2.05) is 29.3 Å². The molecule has 178 valence electrons. The summed E-state index contributed by atoms with van der Waals surface area (Å²) in [4.78, 5) is 24.4. The summed E-state index contributed by atoms with van der Waals surface area (Å²) in [7, 11) is 0. The monoisotopic (exact) mass is 468 g/mol. The average molecular weight is 469 g/mol. The zero-order valence-electron chi connectivity index (χ0n) is 19.6. The van der Waals surface area contributed by atoms with Crippen molar-refractivity contribution in [1.29, 1.82) is 0 Å². The van der Waals surface area contributed by atoms with Crippen molar-refractivity contribution >= 4 is 34.4 Å². The van der Waals surface area contributed by atoms with Gasteiger partial charge in [0.15, 0.2) is 0 Å². The Morgan fingerprint density at radius 1 is 1.20 bits per heavy atom. The highest BCUT2D eigenvalue weighted by Crippen LogP contribution is 2.34. The normalized spacial score (nSPS) is 18.7. The van der Waals surface area contributed by atoms with Gasteiger partial charge in [-0.2, -0.15) is 0 Å². The van der Waals surface area contributed by atoms with E-state index in [0.29, 0.717) is 29.2 Å². The molecule has 1 aliphatic carbocycles. The third-order valence-electron chi connectivity index (χ3n) is 7.02. The molecule has 1 amide bonds. The van der Waals surface area contributed by atoms with Crippen LogP contribution in [0.2, 0.25) is 0 Å². The van der Waals surface area contributed by atoms with Crippen LogP contribution in [0.1, 0.15) is 47.4 Å². The molecule has 1 saturated heterocycles. The minimum atomic E-state index is -0.194. The van der Waals surface area contributed by atoms with E-state index in [4.69, 9.17) is 9.72 Å². The molecule has 0 saturated carbocycles. The van der Waals surface area contributed by atoms with Crippen LogP contribution in [0.3, 0.4) is 0 Å². The number of rotatable bonds is 7. The Hall–Kier alpha value is -3.71. The molecule has 1 atom stereocenters. The predicted molar refractivity (Wildman–Crippen MR) is 136 cm³/mol. The zero-order chi connectivity index (χ0) is 23.8. The van der Waals surface area contributed by atoms with E-state index >= 15 is 0 Å². The summed E-state index contributed by atoms with van der Waals surface area (Å²) in [6.45, 7) is 1.79. The first-order valence-electron chi connectivity index (χ1n) is 12.3. The molecule has 3 heterocycles. The maximum Gasteiger partial charge on any atom is 0.256 e. The molecule has 0 spiro atoms. The van der Waals surface area contributed by atoms with E-state index in [2.05, 4.69) is 33.9 Å². The van der Waals surface area contributed by atoms with Crippen LogP contribution in [0.15, 0.2) is 59.6 Å². The van der Waals surface area contributed by atoms with Crippen molar-refractivity contribution in [3.8, 4) is 5.75 Å². The van der Waals surface area contributed by atoms with E-state index in [-0.39, 0.29) is 18.6 Å². The first-order chi connectivity index (χ1) is 17.2. The third-order valence-corrected chi connectivity index (χ3v) is 7.02.